The van der Waals surface area contributed by atoms with Crippen LogP contribution in [0.3, 0.4) is 0 Å². The molecule has 3 aliphatic rings. The maximum absolute atomic E-state index is 14.4. The van der Waals surface area contributed by atoms with Crippen LogP contribution in [-0.2, 0) is 26.3 Å². The van der Waals surface area contributed by atoms with Gasteiger partial charge in [0.2, 0.25) is 5.91 Å². The molecule has 3 aromatic rings. The zero-order valence-electron chi connectivity index (χ0n) is 18.9. The fourth-order valence-electron chi connectivity index (χ4n) is 5.40. The van der Waals surface area contributed by atoms with Crippen molar-refractivity contribution in [2.24, 2.45) is 5.73 Å². The molecule has 1 atom stereocenters. The van der Waals surface area contributed by atoms with E-state index in [9.17, 15) is 19.2 Å². The third-order valence-electron chi connectivity index (χ3n) is 6.89. The van der Waals surface area contributed by atoms with Crippen molar-refractivity contribution in [2.75, 3.05) is 16.4 Å². The molecule has 36 heavy (non-hydrogen) atoms. The van der Waals surface area contributed by atoms with Gasteiger partial charge in [-0.1, -0.05) is 48.5 Å². The van der Waals surface area contributed by atoms with Crippen LogP contribution in [0, 0.1) is 17.1 Å². The molecule has 0 bridgehead atoms. The Balaban J connectivity index is 1.61. The Bertz CT molecular complexity index is 1540. The van der Waals surface area contributed by atoms with E-state index in [1.165, 1.54) is 17.0 Å². The first-order valence-electron chi connectivity index (χ1n) is 11.3. The predicted molar refractivity (Wildman–Crippen MR) is 129 cm³/mol. The summed E-state index contributed by atoms with van der Waals surface area (Å²) in [6.45, 7) is 0.0359. The lowest BCUT2D eigenvalue weighted by Gasteiger charge is -2.38. The molecule has 0 fully saturated rings. The molecule has 1 amide bonds. The van der Waals surface area contributed by atoms with E-state index in [-0.39, 0.29) is 35.9 Å². The molecule has 8 heteroatoms. The van der Waals surface area contributed by atoms with E-state index >= 15 is 0 Å². The van der Waals surface area contributed by atoms with Gasteiger partial charge in [0.1, 0.15) is 29.7 Å². The van der Waals surface area contributed by atoms with Crippen LogP contribution in [0.5, 0.6) is 0 Å². The highest BCUT2D eigenvalue weighted by atomic mass is 19.1. The van der Waals surface area contributed by atoms with E-state index in [4.69, 9.17) is 10.5 Å². The number of para-hydroxylation sites is 2. The van der Waals surface area contributed by atoms with Crippen LogP contribution in [0.1, 0.15) is 11.1 Å². The number of nitrogens with two attached hydrogens (primary N) is 1. The molecule has 0 radical (unpaired) electrons. The molecule has 0 saturated carbocycles. The van der Waals surface area contributed by atoms with Crippen LogP contribution >= 0.6 is 0 Å². The third kappa shape index (κ3) is 2.77. The molecular formula is C28H19FN4O3. The number of esters is 1. The van der Waals surface area contributed by atoms with Crippen LogP contribution in [0.15, 0.2) is 102 Å². The molecule has 0 unspecified atom stereocenters. The summed E-state index contributed by atoms with van der Waals surface area (Å²) in [7, 11) is 0. The standard InChI is InChI=1S/C28H19FN4O3/c29-18-12-10-17(11-13-18)15-32-22-9-5-4-8-20(22)28(27(32)35)21(14-30)25(31)33(19-6-2-1-3-7-19)23-16-36-26(34)24(23)28/h1-13H,15-16,31H2/t28-/m1/s1. The van der Waals surface area contributed by atoms with Crippen LogP contribution in [0.2, 0.25) is 0 Å². The molecule has 2 N–H and O–H groups in total. The fourth-order valence-corrected chi connectivity index (χ4v) is 5.40. The van der Waals surface area contributed by atoms with Crippen LogP contribution in [0.4, 0.5) is 15.8 Å². The second kappa shape index (κ2) is 7.82. The summed E-state index contributed by atoms with van der Waals surface area (Å²) < 4.78 is 19.0. The van der Waals surface area contributed by atoms with Gasteiger partial charge in [0.05, 0.1) is 23.4 Å². The van der Waals surface area contributed by atoms with Gasteiger partial charge >= 0.3 is 5.97 Å². The van der Waals surface area contributed by atoms with E-state index < -0.39 is 17.3 Å². The number of nitrogens with zero attached hydrogens (tertiary/aromatic N) is 3. The topological polar surface area (TPSA) is 99.7 Å². The second-order valence-corrected chi connectivity index (χ2v) is 8.73. The lowest BCUT2D eigenvalue weighted by atomic mass is 9.67. The van der Waals surface area contributed by atoms with Crippen molar-refractivity contribution < 1.29 is 18.7 Å². The highest BCUT2D eigenvalue weighted by molar-refractivity contribution is 6.19. The molecule has 6 rings (SSSR count). The predicted octanol–water partition coefficient (Wildman–Crippen LogP) is 3.64. The Hall–Kier alpha value is -4.90. The Morgan fingerprint density at radius 2 is 1.69 bits per heavy atom. The van der Waals surface area contributed by atoms with Crippen molar-refractivity contribution in [1.82, 2.24) is 0 Å². The monoisotopic (exact) mass is 478 g/mol. The Morgan fingerprint density at radius 1 is 1.00 bits per heavy atom. The number of anilines is 2. The second-order valence-electron chi connectivity index (χ2n) is 8.73. The van der Waals surface area contributed by atoms with Crippen molar-refractivity contribution in [1.29, 1.82) is 5.26 Å². The minimum atomic E-state index is -1.75. The zero-order valence-corrected chi connectivity index (χ0v) is 18.9. The van der Waals surface area contributed by atoms with E-state index in [2.05, 4.69) is 6.07 Å². The largest absolute Gasteiger partial charge is 0.456 e. The van der Waals surface area contributed by atoms with E-state index in [1.54, 1.807) is 53.4 Å². The number of nitriles is 1. The van der Waals surface area contributed by atoms with Gasteiger partial charge in [0, 0.05) is 16.9 Å². The normalized spacial score (nSPS) is 20.6. The Kier molecular flexibility index (Phi) is 4.70. The molecule has 7 nitrogen and oxygen atoms in total. The summed E-state index contributed by atoms with van der Waals surface area (Å²) in [6, 6.07) is 24.1. The number of carbonyl (C=O) groups excluding carboxylic acids is 2. The zero-order chi connectivity index (χ0) is 25.0. The number of rotatable bonds is 3. The number of ether oxygens (including phenoxy) is 1. The smallest absolute Gasteiger partial charge is 0.338 e. The van der Waals surface area contributed by atoms with Gasteiger partial charge in [-0.15, -0.1) is 0 Å². The number of carbonyl (C=O) groups is 2. The van der Waals surface area contributed by atoms with E-state index in [0.717, 1.165) is 0 Å². The summed E-state index contributed by atoms with van der Waals surface area (Å²) >= 11 is 0. The van der Waals surface area contributed by atoms with Gasteiger partial charge in [-0.25, -0.2) is 9.18 Å². The van der Waals surface area contributed by atoms with Gasteiger partial charge in [0.25, 0.3) is 0 Å². The maximum atomic E-state index is 14.4. The third-order valence-corrected chi connectivity index (χ3v) is 6.89. The van der Waals surface area contributed by atoms with Crippen molar-refractivity contribution in [3.05, 3.63) is 118 Å². The Morgan fingerprint density at radius 3 is 2.42 bits per heavy atom. The first-order valence-corrected chi connectivity index (χ1v) is 11.3. The first-order chi connectivity index (χ1) is 17.5. The van der Waals surface area contributed by atoms with E-state index in [1.807, 2.05) is 18.2 Å². The minimum absolute atomic E-state index is 0.0389. The number of halogens is 1. The number of hydrogen-bond donors (Lipinski definition) is 1. The maximum Gasteiger partial charge on any atom is 0.338 e. The molecule has 176 valence electrons. The van der Waals surface area contributed by atoms with Gasteiger partial charge in [-0.05, 0) is 35.9 Å². The summed E-state index contributed by atoms with van der Waals surface area (Å²) in [4.78, 5) is 30.8. The number of cyclic esters (lactones) is 1. The average Bonchev–Trinajstić information content (AvgIpc) is 3.38. The van der Waals surface area contributed by atoms with Crippen molar-refractivity contribution in [3.8, 4) is 6.07 Å². The van der Waals surface area contributed by atoms with Crippen LogP contribution < -0.4 is 15.5 Å². The van der Waals surface area contributed by atoms with Gasteiger partial charge in [0.15, 0.2) is 0 Å². The van der Waals surface area contributed by atoms with E-state index in [0.29, 0.717) is 28.2 Å². The summed E-state index contributed by atoms with van der Waals surface area (Å²) in [5.41, 5.74) is 7.72. The number of hydrogen-bond acceptors (Lipinski definition) is 6. The van der Waals surface area contributed by atoms with Crippen molar-refractivity contribution >= 4 is 23.3 Å². The van der Waals surface area contributed by atoms with Crippen LogP contribution in [0.25, 0.3) is 0 Å². The minimum Gasteiger partial charge on any atom is -0.456 e. The quantitative estimate of drug-likeness (QED) is 0.577. The first kappa shape index (κ1) is 21.6. The molecule has 0 saturated heterocycles. The van der Waals surface area contributed by atoms with Crippen molar-refractivity contribution in [3.63, 3.8) is 0 Å². The number of fused-ring (bicyclic) bond motifs is 3. The lowest BCUT2D eigenvalue weighted by Crippen LogP contribution is -2.50. The molecule has 3 aromatic carbocycles. The fraction of sp³-hybridized carbons (Fsp3) is 0.107. The summed E-state index contributed by atoms with van der Waals surface area (Å²) in [6.07, 6.45) is 0. The average molecular weight is 478 g/mol. The highest BCUT2D eigenvalue weighted by Crippen LogP contribution is 2.56. The summed E-state index contributed by atoms with van der Waals surface area (Å²) in [5.74, 6) is -1.47. The van der Waals surface area contributed by atoms with Gasteiger partial charge < -0.3 is 15.4 Å². The molecule has 0 aromatic heterocycles. The van der Waals surface area contributed by atoms with Crippen molar-refractivity contribution in [2.45, 2.75) is 12.0 Å². The molecule has 3 aliphatic heterocycles. The van der Waals surface area contributed by atoms with Crippen LogP contribution in [-0.4, -0.2) is 18.5 Å². The molecule has 3 heterocycles. The SMILES string of the molecule is N#CC1=C(N)N(c2ccccc2)C2=C(C(=O)OC2)[C@]12C(=O)N(Cc1ccc(F)cc1)c1ccccc12. The molecular weight excluding hydrogens is 459 g/mol. The number of amides is 1. The lowest BCUT2D eigenvalue weighted by molar-refractivity contribution is -0.137. The molecule has 0 aliphatic carbocycles. The molecule has 1 spiro atoms. The Labute approximate surface area is 206 Å². The number of benzene rings is 3. The highest BCUT2D eigenvalue weighted by Gasteiger charge is 2.63. The van der Waals surface area contributed by atoms with Gasteiger partial charge in [-0.2, -0.15) is 5.26 Å². The van der Waals surface area contributed by atoms with Gasteiger partial charge in [-0.3, -0.25) is 9.69 Å². The summed E-state index contributed by atoms with van der Waals surface area (Å²) in [5, 5.41) is 10.4.